The van der Waals surface area contributed by atoms with Crippen LogP contribution in [-0.4, -0.2) is 53.2 Å². The van der Waals surface area contributed by atoms with Crippen LogP contribution in [0.2, 0.25) is 0 Å². The molecule has 0 saturated heterocycles. The fourth-order valence-electron chi connectivity index (χ4n) is 5.55. The Labute approximate surface area is 166 Å². The number of benzene rings is 1. The van der Waals surface area contributed by atoms with Crippen molar-refractivity contribution in [1.82, 2.24) is 10.2 Å². The number of hydrogen-bond donors (Lipinski definition) is 2. The Morgan fingerprint density at radius 2 is 2.04 bits per heavy atom. The number of anilines is 1. The lowest BCUT2D eigenvalue weighted by Crippen LogP contribution is -2.58. The van der Waals surface area contributed by atoms with Crippen molar-refractivity contribution in [3.05, 3.63) is 29.8 Å². The Morgan fingerprint density at radius 1 is 1.29 bits per heavy atom. The second kappa shape index (κ2) is 7.39. The monoisotopic (exact) mass is 385 g/mol. The third kappa shape index (κ3) is 3.17. The minimum Gasteiger partial charge on any atom is -0.480 e. The summed E-state index contributed by atoms with van der Waals surface area (Å²) in [6, 6.07) is 8.97. The summed E-state index contributed by atoms with van der Waals surface area (Å²) in [6.07, 6.45) is 6.22. The molecule has 0 unspecified atom stereocenters. The van der Waals surface area contributed by atoms with Crippen molar-refractivity contribution in [3.8, 4) is 0 Å². The minimum absolute atomic E-state index is 0.00723. The third-order valence-corrected chi connectivity index (χ3v) is 7.17. The normalized spacial score (nSPS) is 31.1. The summed E-state index contributed by atoms with van der Waals surface area (Å²) in [7, 11) is 0. The number of amides is 2. The molecule has 1 aromatic carbocycles. The number of aliphatic carboxylic acids is 1. The maximum absolute atomic E-state index is 13.2. The van der Waals surface area contributed by atoms with Crippen LogP contribution in [0.4, 0.5) is 10.5 Å². The molecule has 2 amide bonds. The van der Waals surface area contributed by atoms with Gasteiger partial charge in [-0.2, -0.15) is 0 Å². The minimum atomic E-state index is -0.792. The lowest BCUT2D eigenvalue weighted by molar-refractivity contribution is -0.139. The molecule has 1 aromatic rings. The van der Waals surface area contributed by atoms with Crippen LogP contribution < -0.4 is 10.2 Å². The van der Waals surface area contributed by atoms with E-state index >= 15 is 0 Å². The lowest BCUT2D eigenvalue weighted by atomic mass is 9.69. The van der Waals surface area contributed by atoms with E-state index in [1.54, 1.807) is 0 Å². The quantitative estimate of drug-likeness (QED) is 0.815. The van der Waals surface area contributed by atoms with Crippen molar-refractivity contribution in [2.24, 2.45) is 0 Å². The van der Waals surface area contributed by atoms with Crippen LogP contribution in [0, 0.1) is 0 Å². The standard InChI is InChI=1S/C22H31N3O3/c1-3-24(14-20(26)27)16-12-15(13-16)23-21(28)25-18-9-5-4-8-17(18)22(2)11-7-6-10-19(22)25/h4-5,8-9,15-16,19H,3,6-7,10-14H2,1-2H3,(H,23,28)(H,26,27)/t15?,16?,19-,22-/m0/s1. The molecule has 6 nitrogen and oxygen atoms in total. The first-order chi connectivity index (χ1) is 13.4. The molecule has 2 aliphatic carbocycles. The number of rotatable bonds is 5. The summed E-state index contributed by atoms with van der Waals surface area (Å²) >= 11 is 0. The lowest BCUT2D eigenvalue weighted by Gasteiger charge is -2.44. The number of nitrogens with zero attached hydrogens (tertiary/aromatic N) is 2. The highest BCUT2D eigenvalue weighted by molar-refractivity contribution is 5.96. The molecule has 2 atom stereocenters. The number of carboxylic acid groups (broad SMARTS) is 1. The topological polar surface area (TPSA) is 72.9 Å². The van der Waals surface area contributed by atoms with Crippen LogP contribution >= 0.6 is 0 Å². The van der Waals surface area contributed by atoms with Crippen LogP contribution in [-0.2, 0) is 10.2 Å². The Hall–Kier alpha value is -2.08. The van der Waals surface area contributed by atoms with Crippen LogP contribution in [0.1, 0.15) is 57.9 Å². The van der Waals surface area contributed by atoms with Gasteiger partial charge in [0.15, 0.2) is 0 Å². The van der Waals surface area contributed by atoms with E-state index in [2.05, 4.69) is 30.4 Å². The highest BCUT2D eigenvalue weighted by atomic mass is 16.4. The van der Waals surface area contributed by atoms with Crippen molar-refractivity contribution in [2.45, 2.75) is 75.9 Å². The number of nitrogens with one attached hydrogen (secondary N) is 1. The maximum atomic E-state index is 13.2. The van der Waals surface area contributed by atoms with E-state index in [4.69, 9.17) is 5.11 Å². The number of carboxylic acids is 1. The molecule has 6 heteroatoms. The van der Waals surface area contributed by atoms with Gasteiger partial charge in [-0.25, -0.2) is 4.79 Å². The molecular weight excluding hydrogens is 354 g/mol. The average Bonchev–Trinajstić information content (AvgIpc) is 2.91. The largest absolute Gasteiger partial charge is 0.480 e. The summed E-state index contributed by atoms with van der Waals surface area (Å²) in [5.41, 5.74) is 2.42. The number of carbonyl (C=O) groups excluding carboxylic acids is 1. The Kier molecular flexibility index (Phi) is 5.08. The van der Waals surface area contributed by atoms with Gasteiger partial charge in [0, 0.05) is 29.2 Å². The van der Waals surface area contributed by atoms with E-state index in [0.717, 1.165) is 37.9 Å². The van der Waals surface area contributed by atoms with Gasteiger partial charge in [0.05, 0.1) is 6.54 Å². The molecular formula is C22H31N3O3. The summed E-state index contributed by atoms with van der Waals surface area (Å²) in [5.74, 6) is -0.792. The summed E-state index contributed by atoms with van der Waals surface area (Å²) in [4.78, 5) is 28.2. The number of fused-ring (bicyclic) bond motifs is 3. The molecule has 0 aromatic heterocycles. The zero-order chi connectivity index (χ0) is 19.9. The molecule has 152 valence electrons. The van der Waals surface area contributed by atoms with Gasteiger partial charge in [0.2, 0.25) is 0 Å². The molecule has 3 aliphatic rings. The molecule has 1 heterocycles. The van der Waals surface area contributed by atoms with Crippen LogP contribution in [0.15, 0.2) is 24.3 Å². The number of hydrogen-bond acceptors (Lipinski definition) is 3. The summed E-state index contributed by atoms with van der Waals surface area (Å²) < 4.78 is 0. The van der Waals surface area contributed by atoms with Gasteiger partial charge >= 0.3 is 12.0 Å². The molecule has 4 rings (SSSR count). The second-order valence-electron chi connectivity index (χ2n) is 8.79. The number of carbonyl (C=O) groups is 2. The first-order valence-corrected chi connectivity index (χ1v) is 10.6. The smallest absolute Gasteiger partial charge is 0.322 e. The van der Waals surface area contributed by atoms with Crippen LogP contribution in [0.5, 0.6) is 0 Å². The molecule has 0 spiro atoms. The van der Waals surface area contributed by atoms with Gasteiger partial charge in [-0.05, 0) is 43.9 Å². The van der Waals surface area contributed by atoms with E-state index in [1.807, 2.05) is 22.8 Å². The van der Waals surface area contributed by atoms with E-state index in [0.29, 0.717) is 0 Å². The van der Waals surface area contributed by atoms with E-state index < -0.39 is 5.97 Å². The average molecular weight is 386 g/mol. The fourth-order valence-corrected chi connectivity index (χ4v) is 5.55. The van der Waals surface area contributed by atoms with Gasteiger partial charge in [-0.1, -0.05) is 44.9 Å². The molecule has 1 aliphatic heterocycles. The molecule has 0 bridgehead atoms. The fraction of sp³-hybridized carbons (Fsp3) is 0.636. The molecule has 28 heavy (non-hydrogen) atoms. The van der Waals surface area contributed by atoms with E-state index in [-0.39, 0.29) is 36.1 Å². The highest BCUT2D eigenvalue weighted by Crippen LogP contribution is 2.52. The van der Waals surface area contributed by atoms with Gasteiger partial charge in [0.25, 0.3) is 0 Å². The van der Waals surface area contributed by atoms with Gasteiger partial charge < -0.3 is 10.4 Å². The van der Waals surface area contributed by atoms with Gasteiger partial charge in [-0.3, -0.25) is 14.6 Å². The number of urea groups is 1. The predicted octanol–water partition coefficient (Wildman–Crippen LogP) is 3.35. The van der Waals surface area contributed by atoms with Crippen LogP contribution in [0.25, 0.3) is 0 Å². The zero-order valence-corrected chi connectivity index (χ0v) is 16.9. The van der Waals surface area contributed by atoms with Crippen molar-refractivity contribution < 1.29 is 14.7 Å². The van der Waals surface area contributed by atoms with Crippen molar-refractivity contribution >= 4 is 17.7 Å². The van der Waals surface area contributed by atoms with Crippen molar-refractivity contribution in [1.29, 1.82) is 0 Å². The summed E-state index contributed by atoms with van der Waals surface area (Å²) in [5, 5.41) is 12.3. The Morgan fingerprint density at radius 3 is 2.75 bits per heavy atom. The number of para-hydroxylation sites is 1. The molecule has 0 radical (unpaired) electrons. The molecule has 2 saturated carbocycles. The molecule has 2 N–H and O–H groups in total. The van der Waals surface area contributed by atoms with Gasteiger partial charge in [-0.15, -0.1) is 0 Å². The Bertz CT molecular complexity index is 761. The van der Waals surface area contributed by atoms with Crippen molar-refractivity contribution in [2.75, 3.05) is 18.0 Å². The number of likely N-dealkylation sites (N-methyl/N-ethyl adjacent to an activating group) is 1. The first kappa shape index (κ1) is 19.2. The zero-order valence-electron chi connectivity index (χ0n) is 16.9. The molecule has 2 fully saturated rings. The van der Waals surface area contributed by atoms with Crippen molar-refractivity contribution in [3.63, 3.8) is 0 Å². The SMILES string of the molecule is CCN(CC(=O)O)C1CC(NC(=O)N2c3ccccc3[C@]3(C)CCCC[C@H]23)C1. The third-order valence-electron chi connectivity index (χ3n) is 7.17. The van der Waals surface area contributed by atoms with Crippen LogP contribution in [0.3, 0.4) is 0 Å². The van der Waals surface area contributed by atoms with E-state index in [1.165, 1.54) is 18.4 Å². The first-order valence-electron chi connectivity index (χ1n) is 10.6. The highest BCUT2D eigenvalue weighted by Gasteiger charge is 2.51. The Balaban J connectivity index is 1.44. The summed E-state index contributed by atoms with van der Waals surface area (Å²) in [6.45, 7) is 5.09. The predicted molar refractivity (Wildman–Crippen MR) is 109 cm³/mol. The maximum Gasteiger partial charge on any atom is 0.322 e. The second-order valence-corrected chi connectivity index (χ2v) is 8.79. The van der Waals surface area contributed by atoms with Gasteiger partial charge in [0.1, 0.15) is 0 Å². The van der Waals surface area contributed by atoms with E-state index in [9.17, 15) is 9.59 Å².